The molecule has 6 rings (SSSR count). The number of unbranched alkanes of at least 4 members (excludes halogenated alkanes) is 20. The van der Waals surface area contributed by atoms with Crippen LogP contribution in [-0.4, -0.2) is 13.2 Å². The molecule has 392 valence electrons. The zero-order valence-electron chi connectivity index (χ0n) is 45.8. The van der Waals surface area contributed by atoms with Crippen LogP contribution in [-0.2, 0) is 22.7 Å². The summed E-state index contributed by atoms with van der Waals surface area (Å²) in [5.41, 5.74) is 10.9. The van der Waals surface area contributed by atoms with Crippen LogP contribution >= 0.6 is 0 Å². The van der Waals surface area contributed by atoms with Gasteiger partial charge in [-0.1, -0.05) is 312 Å². The third-order valence-electron chi connectivity index (χ3n) is 15.6. The Morgan fingerprint density at radius 1 is 0.274 bits per heavy atom. The summed E-state index contributed by atoms with van der Waals surface area (Å²) in [6.07, 6.45) is 32.8. The highest BCUT2D eigenvalue weighted by molar-refractivity contribution is 5.38. The van der Waals surface area contributed by atoms with Crippen LogP contribution in [0.5, 0.6) is 0 Å². The molecule has 2 heteroatoms. The Bertz CT molecular complexity index is 2080. The average Bonchev–Trinajstić information content (AvgIpc) is 3.44. The van der Waals surface area contributed by atoms with Gasteiger partial charge in [0.05, 0.1) is 13.2 Å². The molecule has 0 spiro atoms. The van der Waals surface area contributed by atoms with E-state index in [0.717, 1.165) is 45.3 Å². The monoisotopic (exact) mass is 981 g/mol. The lowest BCUT2D eigenvalue weighted by molar-refractivity contribution is 0.116. The molecule has 6 aromatic rings. The van der Waals surface area contributed by atoms with Gasteiger partial charge < -0.3 is 9.47 Å². The maximum absolute atomic E-state index is 6.36. The molecule has 4 unspecified atom stereocenters. The van der Waals surface area contributed by atoms with Crippen molar-refractivity contribution >= 4 is 0 Å². The van der Waals surface area contributed by atoms with E-state index in [-0.39, 0.29) is 11.8 Å². The first-order valence-corrected chi connectivity index (χ1v) is 29.7. The fourth-order valence-corrected chi connectivity index (χ4v) is 11.3. The Hall–Kier alpha value is -4.76. The lowest BCUT2D eigenvalue weighted by Crippen LogP contribution is -2.15. The largest absolute Gasteiger partial charge is 0.377 e. The van der Waals surface area contributed by atoms with Gasteiger partial charge in [-0.2, -0.15) is 0 Å². The fraction of sp³-hybridized carbons (Fsp3) is 0.493. The minimum Gasteiger partial charge on any atom is -0.377 e. The summed E-state index contributed by atoms with van der Waals surface area (Å²) in [7, 11) is 0. The molecule has 0 aliphatic rings. The van der Waals surface area contributed by atoms with E-state index in [4.69, 9.17) is 9.47 Å². The van der Waals surface area contributed by atoms with Gasteiger partial charge in [0.2, 0.25) is 0 Å². The van der Waals surface area contributed by atoms with Crippen LogP contribution < -0.4 is 0 Å². The lowest BCUT2D eigenvalue weighted by atomic mass is 9.73. The molecule has 2 nitrogen and oxygen atoms in total. The lowest BCUT2D eigenvalue weighted by Gasteiger charge is -2.31. The molecule has 4 atom stereocenters. The van der Waals surface area contributed by atoms with Crippen LogP contribution in [0.2, 0.25) is 0 Å². The van der Waals surface area contributed by atoms with Crippen molar-refractivity contribution in [3.8, 4) is 0 Å². The molecule has 0 amide bonds. The zero-order valence-corrected chi connectivity index (χ0v) is 45.8. The van der Waals surface area contributed by atoms with E-state index in [1.165, 1.54) is 173 Å². The summed E-state index contributed by atoms with van der Waals surface area (Å²) < 4.78 is 12.7. The van der Waals surface area contributed by atoms with Crippen LogP contribution in [0.25, 0.3) is 0 Å². The van der Waals surface area contributed by atoms with Gasteiger partial charge in [-0.25, -0.2) is 0 Å². The van der Waals surface area contributed by atoms with E-state index in [9.17, 15) is 0 Å². The standard InChI is InChI=1S/C71H96O2/c1-3-5-7-9-11-13-15-17-19-21-35-51-72-58-60-39-37-49-66(53-60)70(64-45-31-25-32-46-64)56-68(62-41-27-23-28-42-62)55-69(63-43-29-24-30-44-63)57-71(65-47-33-26-34-48-65)67-50-38-40-61(54-67)59-73-52-36-22-20-18-16-14-12-10-8-6-4-2/h23-34,37-50,53-54,68-71H,3-22,35-36,51-52,55-59H2,1-2H3. The van der Waals surface area contributed by atoms with Gasteiger partial charge in [-0.3, -0.25) is 0 Å². The predicted octanol–water partition coefficient (Wildman–Crippen LogP) is 21.0. The minimum atomic E-state index is 0.237. The molecular formula is C71H96O2. The third-order valence-corrected chi connectivity index (χ3v) is 15.6. The van der Waals surface area contributed by atoms with Crippen molar-refractivity contribution in [1.29, 1.82) is 0 Å². The molecule has 73 heavy (non-hydrogen) atoms. The van der Waals surface area contributed by atoms with Crippen LogP contribution in [0.15, 0.2) is 170 Å². The van der Waals surface area contributed by atoms with Gasteiger partial charge >= 0.3 is 0 Å². The number of hydrogen-bond acceptors (Lipinski definition) is 2. The second-order valence-corrected chi connectivity index (χ2v) is 21.5. The summed E-state index contributed by atoms with van der Waals surface area (Å²) in [5, 5.41) is 0. The highest BCUT2D eigenvalue weighted by Gasteiger charge is 2.28. The number of rotatable bonds is 40. The molecule has 0 aromatic heterocycles. The van der Waals surface area contributed by atoms with Gasteiger partial charge in [0.15, 0.2) is 0 Å². The Kier molecular flexibility index (Phi) is 28.5. The second kappa shape index (κ2) is 36.2. The van der Waals surface area contributed by atoms with Crippen LogP contribution in [0.3, 0.4) is 0 Å². The molecule has 6 aromatic carbocycles. The molecule has 0 aliphatic heterocycles. The zero-order chi connectivity index (χ0) is 50.6. The molecule has 0 bridgehead atoms. The topological polar surface area (TPSA) is 18.5 Å². The number of ether oxygens (including phenoxy) is 2. The van der Waals surface area contributed by atoms with Gasteiger partial charge in [0.1, 0.15) is 0 Å². The third kappa shape index (κ3) is 22.3. The van der Waals surface area contributed by atoms with E-state index >= 15 is 0 Å². The quantitative estimate of drug-likeness (QED) is 0.0357. The first-order chi connectivity index (χ1) is 36.2. The first kappa shape index (κ1) is 57.5. The molecule has 0 saturated carbocycles. The van der Waals surface area contributed by atoms with E-state index in [1.54, 1.807) is 0 Å². The Labute approximate surface area is 446 Å². The normalized spacial score (nSPS) is 13.2. The van der Waals surface area contributed by atoms with Gasteiger partial charge in [-0.05, 0) is 88.4 Å². The van der Waals surface area contributed by atoms with Crippen molar-refractivity contribution in [3.63, 3.8) is 0 Å². The Balaban J connectivity index is 1.13. The molecule has 0 saturated heterocycles. The molecular weight excluding hydrogens is 885 g/mol. The maximum atomic E-state index is 6.36. The van der Waals surface area contributed by atoms with E-state index < -0.39 is 0 Å². The summed E-state index contributed by atoms with van der Waals surface area (Å²) in [6, 6.07) is 64.0. The first-order valence-electron chi connectivity index (χ1n) is 29.7. The van der Waals surface area contributed by atoms with Gasteiger partial charge in [0, 0.05) is 25.0 Å². The number of hydrogen-bond donors (Lipinski definition) is 0. The predicted molar refractivity (Wildman–Crippen MR) is 314 cm³/mol. The summed E-state index contributed by atoms with van der Waals surface area (Å²) in [6.45, 7) is 7.60. The highest BCUT2D eigenvalue weighted by atomic mass is 16.5. The Morgan fingerprint density at radius 3 is 0.890 bits per heavy atom. The number of benzene rings is 6. The molecule has 0 N–H and O–H groups in total. The van der Waals surface area contributed by atoms with Crippen LogP contribution in [0.4, 0.5) is 0 Å². The van der Waals surface area contributed by atoms with Crippen molar-refractivity contribution in [2.45, 2.75) is 211 Å². The minimum absolute atomic E-state index is 0.237. The second-order valence-electron chi connectivity index (χ2n) is 21.5. The van der Waals surface area contributed by atoms with E-state index in [1.807, 2.05) is 0 Å². The summed E-state index contributed by atoms with van der Waals surface area (Å²) >= 11 is 0. The summed E-state index contributed by atoms with van der Waals surface area (Å²) in [4.78, 5) is 0. The average molecular weight is 982 g/mol. The molecule has 0 radical (unpaired) electrons. The van der Waals surface area contributed by atoms with Crippen LogP contribution in [0, 0.1) is 0 Å². The SMILES string of the molecule is CCCCCCCCCCCCCOCc1cccc(C(CC(CC(CC(c2ccccc2)c2cccc(COCCCCCCCCCCCCC)c2)c2ccccc2)c2ccccc2)c2ccccc2)c1. The van der Waals surface area contributed by atoms with Crippen molar-refractivity contribution < 1.29 is 9.47 Å². The van der Waals surface area contributed by atoms with Crippen molar-refractivity contribution in [2.24, 2.45) is 0 Å². The van der Waals surface area contributed by atoms with Crippen LogP contribution in [0.1, 0.15) is 243 Å². The maximum Gasteiger partial charge on any atom is 0.0716 e. The molecule has 0 aliphatic carbocycles. The van der Waals surface area contributed by atoms with E-state index in [0.29, 0.717) is 25.0 Å². The Morgan fingerprint density at radius 2 is 0.562 bits per heavy atom. The van der Waals surface area contributed by atoms with Gasteiger partial charge in [-0.15, -0.1) is 0 Å². The van der Waals surface area contributed by atoms with Crippen molar-refractivity contribution in [1.82, 2.24) is 0 Å². The summed E-state index contributed by atoms with van der Waals surface area (Å²) in [5.74, 6) is 1.12. The fourth-order valence-electron chi connectivity index (χ4n) is 11.3. The van der Waals surface area contributed by atoms with Gasteiger partial charge in [0.25, 0.3) is 0 Å². The van der Waals surface area contributed by atoms with Crippen molar-refractivity contribution in [2.75, 3.05) is 13.2 Å². The molecule has 0 heterocycles. The highest BCUT2D eigenvalue weighted by Crippen LogP contribution is 2.44. The van der Waals surface area contributed by atoms with E-state index in [2.05, 4.69) is 184 Å². The smallest absolute Gasteiger partial charge is 0.0716 e. The van der Waals surface area contributed by atoms with Crippen molar-refractivity contribution in [3.05, 3.63) is 214 Å². The molecule has 0 fully saturated rings.